The molecule has 12 nitrogen and oxygen atoms in total. The quantitative estimate of drug-likeness (QED) is 0.486. The van der Waals surface area contributed by atoms with Gasteiger partial charge in [0, 0.05) is 28.1 Å². The van der Waals surface area contributed by atoms with Crippen LogP contribution in [0.2, 0.25) is 0 Å². The van der Waals surface area contributed by atoms with Crippen molar-refractivity contribution in [2.24, 2.45) is 5.92 Å². The van der Waals surface area contributed by atoms with Crippen molar-refractivity contribution in [1.82, 2.24) is 10.1 Å². The van der Waals surface area contributed by atoms with Gasteiger partial charge in [-0.25, -0.2) is 0 Å². The molecule has 0 amide bonds. The molecular weight excluding hydrogens is 400 g/mol. The second-order valence-electron chi connectivity index (χ2n) is 10.5. The number of hydrogen-bond donors (Lipinski definition) is 2. The van der Waals surface area contributed by atoms with Gasteiger partial charge in [-0.3, -0.25) is 0 Å². The number of hydroxylamine groups is 4. The van der Waals surface area contributed by atoms with E-state index in [-0.39, 0.29) is 18.1 Å². The van der Waals surface area contributed by atoms with Crippen LogP contribution in [0, 0.1) is 26.1 Å². The second-order valence-corrected chi connectivity index (χ2v) is 10.5. The van der Waals surface area contributed by atoms with Gasteiger partial charge in [-0.1, -0.05) is 0 Å². The van der Waals surface area contributed by atoms with Gasteiger partial charge in [0.15, 0.2) is 0 Å². The molecule has 2 N–H and O–H groups in total. The smallest absolute Gasteiger partial charge is 0.294 e. The summed E-state index contributed by atoms with van der Waals surface area (Å²) in [6.07, 6.45) is 1.10. The van der Waals surface area contributed by atoms with Crippen molar-refractivity contribution < 1.29 is 30.3 Å². The minimum atomic E-state index is -0.789. The SMILES string of the molecule is CC1(C)CC(CO[N+](=O)[O-])C(C)(C)N1O.CC1(C)CC(O[N+](=O)[O-])CC(C)(C)N1O. The highest BCUT2D eigenvalue weighted by Gasteiger charge is 2.51. The van der Waals surface area contributed by atoms with Gasteiger partial charge in [-0.2, -0.15) is 10.1 Å². The summed E-state index contributed by atoms with van der Waals surface area (Å²) in [4.78, 5) is 29.4. The average molecular weight is 437 g/mol. The predicted molar refractivity (Wildman–Crippen MR) is 106 cm³/mol. The van der Waals surface area contributed by atoms with Crippen molar-refractivity contribution in [2.75, 3.05) is 6.61 Å². The van der Waals surface area contributed by atoms with Crippen molar-refractivity contribution in [3.8, 4) is 0 Å². The van der Waals surface area contributed by atoms with E-state index in [0.717, 1.165) is 0 Å². The third kappa shape index (κ3) is 6.13. The first-order valence-electron chi connectivity index (χ1n) is 9.90. The largest absolute Gasteiger partial charge is 0.314 e. The molecule has 2 rings (SSSR count). The lowest BCUT2D eigenvalue weighted by Gasteiger charge is -2.50. The molecule has 0 aromatic rings. The fourth-order valence-corrected chi connectivity index (χ4v) is 4.68. The Hall–Kier alpha value is -1.76. The summed E-state index contributed by atoms with van der Waals surface area (Å²) < 4.78 is 0. The van der Waals surface area contributed by atoms with Crippen LogP contribution in [-0.2, 0) is 9.68 Å². The first-order chi connectivity index (χ1) is 13.3. The lowest BCUT2D eigenvalue weighted by atomic mass is 9.80. The molecule has 12 heteroatoms. The molecule has 0 aliphatic carbocycles. The summed E-state index contributed by atoms with van der Waals surface area (Å²) in [5, 5.41) is 41.2. The Morgan fingerprint density at radius 3 is 1.60 bits per heavy atom. The van der Waals surface area contributed by atoms with Crippen molar-refractivity contribution in [3.05, 3.63) is 20.2 Å². The summed E-state index contributed by atoms with van der Waals surface area (Å²) in [7, 11) is 0. The summed E-state index contributed by atoms with van der Waals surface area (Å²) in [5.41, 5.74) is -1.89. The number of rotatable bonds is 5. The van der Waals surface area contributed by atoms with Crippen LogP contribution >= 0.6 is 0 Å². The summed E-state index contributed by atoms with van der Waals surface area (Å²) in [6, 6.07) is 0. The van der Waals surface area contributed by atoms with Gasteiger partial charge in [0.2, 0.25) is 0 Å². The molecule has 0 saturated carbocycles. The number of nitrogens with zero attached hydrogens (tertiary/aromatic N) is 4. The van der Waals surface area contributed by atoms with Gasteiger partial charge >= 0.3 is 0 Å². The van der Waals surface area contributed by atoms with Gasteiger partial charge in [0.25, 0.3) is 10.2 Å². The van der Waals surface area contributed by atoms with Crippen LogP contribution in [0.15, 0.2) is 0 Å². The molecule has 2 saturated heterocycles. The predicted octanol–water partition coefficient (Wildman–Crippen LogP) is 3.07. The van der Waals surface area contributed by atoms with E-state index >= 15 is 0 Å². The summed E-state index contributed by atoms with van der Waals surface area (Å²) in [6.45, 7) is 14.9. The molecule has 0 aromatic carbocycles. The van der Waals surface area contributed by atoms with E-state index in [1.54, 1.807) is 0 Å². The lowest BCUT2D eigenvalue weighted by molar-refractivity contribution is -0.770. The van der Waals surface area contributed by atoms with E-state index in [0.29, 0.717) is 19.3 Å². The Morgan fingerprint density at radius 2 is 1.27 bits per heavy atom. The van der Waals surface area contributed by atoms with Crippen LogP contribution in [0.4, 0.5) is 0 Å². The monoisotopic (exact) mass is 436 g/mol. The maximum Gasteiger partial charge on any atom is 0.294 e. The Bertz CT molecular complexity index is 620. The first-order valence-corrected chi connectivity index (χ1v) is 9.90. The third-order valence-corrected chi connectivity index (χ3v) is 6.08. The number of hydrogen-bond acceptors (Lipinski definition) is 10. The Labute approximate surface area is 176 Å². The highest BCUT2D eigenvalue weighted by atomic mass is 17.0. The van der Waals surface area contributed by atoms with Crippen LogP contribution in [-0.4, -0.2) is 65.6 Å². The topological polar surface area (TPSA) is 152 Å². The van der Waals surface area contributed by atoms with E-state index in [9.17, 15) is 30.6 Å². The maximum absolute atomic E-state index is 10.3. The molecule has 2 aliphatic heterocycles. The van der Waals surface area contributed by atoms with Crippen molar-refractivity contribution in [3.63, 3.8) is 0 Å². The zero-order chi connectivity index (χ0) is 23.7. The van der Waals surface area contributed by atoms with Crippen LogP contribution in [0.3, 0.4) is 0 Å². The molecule has 30 heavy (non-hydrogen) atoms. The van der Waals surface area contributed by atoms with Crippen LogP contribution in [0.1, 0.15) is 74.7 Å². The molecule has 0 aromatic heterocycles. The fourth-order valence-electron chi connectivity index (χ4n) is 4.68. The highest BCUT2D eigenvalue weighted by molar-refractivity contribution is 5.01. The van der Waals surface area contributed by atoms with Gasteiger partial charge in [-0.15, -0.1) is 20.2 Å². The van der Waals surface area contributed by atoms with E-state index in [2.05, 4.69) is 9.68 Å². The van der Waals surface area contributed by atoms with Gasteiger partial charge in [-0.05, 0) is 74.7 Å². The van der Waals surface area contributed by atoms with E-state index in [1.807, 2.05) is 55.4 Å². The van der Waals surface area contributed by atoms with E-state index in [4.69, 9.17) is 0 Å². The zero-order valence-corrected chi connectivity index (χ0v) is 19.1. The minimum Gasteiger partial charge on any atom is -0.314 e. The van der Waals surface area contributed by atoms with Crippen molar-refractivity contribution in [2.45, 2.75) is 103 Å². The third-order valence-electron chi connectivity index (χ3n) is 6.08. The molecule has 0 spiro atoms. The van der Waals surface area contributed by atoms with Gasteiger partial charge < -0.3 is 20.1 Å². The minimum absolute atomic E-state index is 0.0283. The highest BCUT2D eigenvalue weighted by Crippen LogP contribution is 2.43. The standard InChI is InChI=1S/2C9H18N2O4/c1-8(2)5-7(6-15-11(13)14)9(3,4)10(8)12;1-8(2)5-7(15-11(13)14)6-9(3,4)10(8)12/h2*7,12H,5-6H2,1-4H3. The molecule has 2 aliphatic rings. The molecule has 2 heterocycles. The van der Waals surface area contributed by atoms with Crippen LogP contribution in [0.25, 0.3) is 0 Å². The Balaban J connectivity index is 0.000000300. The van der Waals surface area contributed by atoms with E-state index in [1.165, 1.54) is 10.1 Å². The summed E-state index contributed by atoms with van der Waals surface area (Å²) >= 11 is 0. The van der Waals surface area contributed by atoms with Crippen molar-refractivity contribution in [1.29, 1.82) is 0 Å². The lowest BCUT2D eigenvalue weighted by Crippen LogP contribution is -2.60. The molecule has 2 fully saturated rings. The van der Waals surface area contributed by atoms with Gasteiger partial charge in [0.1, 0.15) is 12.7 Å². The Morgan fingerprint density at radius 1 is 0.833 bits per heavy atom. The second kappa shape index (κ2) is 8.77. The molecule has 0 radical (unpaired) electrons. The molecule has 0 bridgehead atoms. The first kappa shape index (κ1) is 26.3. The van der Waals surface area contributed by atoms with Crippen molar-refractivity contribution >= 4 is 0 Å². The van der Waals surface area contributed by atoms with Crippen LogP contribution < -0.4 is 0 Å². The molecule has 176 valence electrons. The zero-order valence-electron chi connectivity index (χ0n) is 19.1. The summed E-state index contributed by atoms with van der Waals surface area (Å²) in [5.74, 6) is -0.0529. The number of piperidine rings is 1. The fraction of sp³-hybridized carbons (Fsp3) is 1.00. The van der Waals surface area contributed by atoms with Crippen LogP contribution in [0.5, 0.6) is 0 Å². The molecular formula is C18H36N4O8. The van der Waals surface area contributed by atoms with Gasteiger partial charge in [0.05, 0.1) is 0 Å². The van der Waals surface area contributed by atoms with E-state index < -0.39 is 32.9 Å². The maximum atomic E-state index is 10.3. The normalized spacial score (nSPS) is 27.6. The molecule has 1 unspecified atom stereocenters. The Kier molecular flexibility index (Phi) is 7.68. The molecule has 1 atom stereocenters. The average Bonchev–Trinajstić information content (AvgIpc) is 2.69.